The van der Waals surface area contributed by atoms with Gasteiger partial charge in [-0.15, -0.1) is 0 Å². The van der Waals surface area contributed by atoms with Crippen LogP contribution in [0.15, 0.2) is 36.4 Å². The Labute approximate surface area is 147 Å². The highest BCUT2D eigenvalue weighted by molar-refractivity contribution is 5.63. The van der Waals surface area contributed by atoms with Crippen molar-refractivity contribution in [3.63, 3.8) is 0 Å². The summed E-state index contributed by atoms with van der Waals surface area (Å²) in [7, 11) is 1.93. The van der Waals surface area contributed by atoms with Crippen LogP contribution in [0, 0.1) is 20.8 Å². The Kier molecular flexibility index (Phi) is 4.97. The lowest BCUT2D eigenvalue weighted by atomic mass is 10.2. The summed E-state index contributed by atoms with van der Waals surface area (Å²) in [6.07, 6.45) is 0. The van der Waals surface area contributed by atoms with E-state index in [1.54, 1.807) is 0 Å². The Morgan fingerprint density at radius 1 is 1.08 bits per heavy atom. The summed E-state index contributed by atoms with van der Waals surface area (Å²) < 4.78 is 7.55. The summed E-state index contributed by atoms with van der Waals surface area (Å²) in [5, 5.41) is 7.76. The molecule has 0 saturated carbocycles. The lowest BCUT2D eigenvalue weighted by Crippen LogP contribution is -2.13. The van der Waals surface area contributed by atoms with Gasteiger partial charge in [0.2, 0.25) is 0 Å². The molecule has 2 heterocycles. The van der Waals surface area contributed by atoms with E-state index in [9.17, 15) is 0 Å². The first-order valence-electron chi connectivity index (χ1n) is 8.32. The van der Waals surface area contributed by atoms with Gasteiger partial charge in [0.25, 0.3) is 0 Å². The third-order valence-electron chi connectivity index (χ3n) is 4.01. The highest BCUT2D eigenvalue weighted by Crippen LogP contribution is 2.24. The summed E-state index contributed by atoms with van der Waals surface area (Å²) >= 11 is 0. The summed E-state index contributed by atoms with van der Waals surface area (Å²) in [5.41, 5.74) is 3.90. The second-order valence-electron chi connectivity index (χ2n) is 5.98. The summed E-state index contributed by atoms with van der Waals surface area (Å²) in [4.78, 5) is 9.23. The Morgan fingerprint density at radius 3 is 2.52 bits per heavy atom. The average molecular weight is 337 g/mol. The molecule has 0 aliphatic rings. The first kappa shape index (κ1) is 17.0. The molecule has 130 valence electrons. The molecule has 1 N–H and O–H groups in total. The quantitative estimate of drug-likeness (QED) is 0.699. The van der Waals surface area contributed by atoms with Gasteiger partial charge in [0.1, 0.15) is 18.2 Å². The van der Waals surface area contributed by atoms with E-state index in [0.717, 1.165) is 34.2 Å². The van der Waals surface area contributed by atoms with Gasteiger partial charge in [-0.05, 0) is 32.9 Å². The molecule has 0 fully saturated rings. The topological polar surface area (TPSA) is 64.9 Å². The fraction of sp³-hybridized carbons (Fsp3) is 0.316. The van der Waals surface area contributed by atoms with Crippen LogP contribution in [0.4, 0.5) is 5.82 Å². The lowest BCUT2D eigenvalue weighted by Gasteiger charge is -2.10. The Hall–Kier alpha value is -2.89. The number of ether oxygens (including phenoxy) is 1. The SMILES string of the molecule is Cc1cc(NCCOc2ccccc2)nc(-c2c(C)nn(C)c2C)n1. The number of aryl methyl sites for hydroxylation is 3. The van der Waals surface area contributed by atoms with Crippen molar-refractivity contribution in [1.29, 1.82) is 0 Å². The summed E-state index contributed by atoms with van der Waals surface area (Å²) in [6.45, 7) is 7.21. The third kappa shape index (κ3) is 3.96. The molecule has 0 radical (unpaired) electrons. The van der Waals surface area contributed by atoms with Crippen LogP contribution in [0.25, 0.3) is 11.4 Å². The number of nitrogens with zero attached hydrogens (tertiary/aromatic N) is 4. The minimum Gasteiger partial charge on any atom is -0.492 e. The molecule has 3 rings (SSSR count). The molecule has 0 aliphatic heterocycles. The molecule has 0 spiro atoms. The van der Waals surface area contributed by atoms with E-state index < -0.39 is 0 Å². The Balaban J connectivity index is 1.69. The standard InChI is InChI=1S/C19H23N5O/c1-13-12-17(20-10-11-25-16-8-6-5-7-9-16)22-19(21-13)18-14(2)23-24(4)15(18)3/h5-9,12H,10-11H2,1-4H3,(H,20,21,22). The third-order valence-corrected chi connectivity index (χ3v) is 4.01. The van der Waals surface area contributed by atoms with Crippen LogP contribution in [0.2, 0.25) is 0 Å². The number of aromatic nitrogens is 4. The van der Waals surface area contributed by atoms with Crippen molar-refractivity contribution in [1.82, 2.24) is 19.7 Å². The van der Waals surface area contributed by atoms with E-state index in [2.05, 4.69) is 20.4 Å². The fourth-order valence-electron chi connectivity index (χ4n) is 2.73. The van der Waals surface area contributed by atoms with E-state index >= 15 is 0 Å². The normalized spacial score (nSPS) is 10.7. The van der Waals surface area contributed by atoms with Crippen molar-refractivity contribution in [3.8, 4) is 17.1 Å². The van der Waals surface area contributed by atoms with Crippen molar-refractivity contribution in [2.45, 2.75) is 20.8 Å². The van der Waals surface area contributed by atoms with E-state index in [0.29, 0.717) is 19.0 Å². The van der Waals surface area contributed by atoms with Crippen LogP contribution in [0.1, 0.15) is 17.1 Å². The van der Waals surface area contributed by atoms with Crippen molar-refractivity contribution in [2.24, 2.45) is 7.05 Å². The van der Waals surface area contributed by atoms with Crippen molar-refractivity contribution in [2.75, 3.05) is 18.5 Å². The van der Waals surface area contributed by atoms with Gasteiger partial charge in [0, 0.05) is 24.5 Å². The molecule has 0 atom stereocenters. The van der Waals surface area contributed by atoms with E-state index in [1.165, 1.54) is 0 Å². The van der Waals surface area contributed by atoms with Gasteiger partial charge in [-0.1, -0.05) is 18.2 Å². The molecular formula is C19H23N5O. The summed E-state index contributed by atoms with van der Waals surface area (Å²) in [6, 6.07) is 11.7. The number of rotatable bonds is 6. The first-order chi connectivity index (χ1) is 12.0. The molecule has 0 amide bonds. The predicted octanol–water partition coefficient (Wildman–Crippen LogP) is 3.29. The van der Waals surface area contributed by atoms with Crippen LogP contribution in [0.3, 0.4) is 0 Å². The van der Waals surface area contributed by atoms with Crippen LogP contribution < -0.4 is 10.1 Å². The van der Waals surface area contributed by atoms with Gasteiger partial charge in [-0.3, -0.25) is 4.68 Å². The fourth-order valence-corrected chi connectivity index (χ4v) is 2.73. The number of hydrogen-bond acceptors (Lipinski definition) is 5. The molecule has 6 nitrogen and oxygen atoms in total. The molecule has 0 unspecified atom stereocenters. The van der Waals surface area contributed by atoms with Crippen LogP contribution in [-0.4, -0.2) is 32.9 Å². The van der Waals surface area contributed by atoms with Crippen molar-refractivity contribution >= 4 is 5.82 Å². The maximum atomic E-state index is 5.70. The molecule has 0 saturated heterocycles. The number of para-hydroxylation sites is 1. The highest BCUT2D eigenvalue weighted by atomic mass is 16.5. The highest BCUT2D eigenvalue weighted by Gasteiger charge is 2.15. The molecular weight excluding hydrogens is 314 g/mol. The number of anilines is 1. The molecule has 25 heavy (non-hydrogen) atoms. The number of nitrogens with one attached hydrogen (secondary N) is 1. The monoisotopic (exact) mass is 337 g/mol. The zero-order valence-corrected chi connectivity index (χ0v) is 15.1. The van der Waals surface area contributed by atoms with Gasteiger partial charge in [0.05, 0.1) is 17.8 Å². The molecule has 0 aliphatic carbocycles. The minimum atomic E-state index is 0.563. The van der Waals surface area contributed by atoms with Gasteiger partial charge < -0.3 is 10.1 Å². The van der Waals surface area contributed by atoms with Crippen LogP contribution in [0.5, 0.6) is 5.75 Å². The van der Waals surface area contributed by atoms with Crippen molar-refractivity contribution in [3.05, 3.63) is 53.5 Å². The van der Waals surface area contributed by atoms with Gasteiger partial charge >= 0.3 is 0 Å². The molecule has 0 bridgehead atoms. The maximum absolute atomic E-state index is 5.70. The number of hydrogen-bond donors (Lipinski definition) is 1. The Morgan fingerprint density at radius 2 is 1.84 bits per heavy atom. The second-order valence-corrected chi connectivity index (χ2v) is 5.98. The van der Waals surface area contributed by atoms with E-state index in [-0.39, 0.29) is 0 Å². The molecule has 3 aromatic rings. The van der Waals surface area contributed by atoms with Crippen LogP contribution >= 0.6 is 0 Å². The summed E-state index contributed by atoms with van der Waals surface area (Å²) in [5.74, 6) is 2.36. The zero-order chi connectivity index (χ0) is 17.8. The smallest absolute Gasteiger partial charge is 0.165 e. The molecule has 2 aromatic heterocycles. The van der Waals surface area contributed by atoms with Crippen molar-refractivity contribution < 1.29 is 4.74 Å². The number of benzene rings is 1. The lowest BCUT2D eigenvalue weighted by molar-refractivity contribution is 0.333. The van der Waals surface area contributed by atoms with Gasteiger partial charge in [-0.25, -0.2) is 9.97 Å². The maximum Gasteiger partial charge on any atom is 0.165 e. The first-order valence-corrected chi connectivity index (χ1v) is 8.32. The Bertz CT molecular complexity index is 858. The van der Waals surface area contributed by atoms with Gasteiger partial charge in [0.15, 0.2) is 5.82 Å². The minimum absolute atomic E-state index is 0.563. The van der Waals surface area contributed by atoms with Gasteiger partial charge in [-0.2, -0.15) is 5.10 Å². The van der Waals surface area contributed by atoms with E-state index in [1.807, 2.05) is 68.9 Å². The molecule has 6 heteroatoms. The van der Waals surface area contributed by atoms with Crippen LogP contribution in [-0.2, 0) is 7.05 Å². The predicted molar refractivity (Wildman–Crippen MR) is 98.9 cm³/mol. The second kappa shape index (κ2) is 7.34. The van der Waals surface area contributed by atoms with E-state index in [4.69, 9.17) is 4.74 Å². The molecule has 1 aromatic carbocycles. The average Bonchev–Trinajstić information content (AvgIpc) is 2.84. The zero-order valence-electron chi connectivity index (χ0n) is 15.1. The largest absolute Gasteiger partial charge is 0.492 e.